The zero-order valence-corrected chi connectivity index (χ0v) is 10.6. The van der Waals surface area contributed by atoms with Crippen LogP contribution in [0.3, 0.4) is 0 Å². The molecular weight excluding hydrogens is 180 g/mol. The summed E-state index contributed by atoms with van der Waals surface area (Å²) >= 11 is 0. The molecule has 1 rings (SSSR count). The van der Waals surface area contributed by atoms with Crippen LogP contribution in [-0.4, -0.2) is 0 Å². The van der Waals surface area contributed by atoms with Crippen LogP contribution in [0.2, 0.25) is 0 Å². The van der Waals surface area contributed by atoms with Gasteiger partial charge in [-0.2, -0.15) is 0 Å². The Hall–Kier alpha value is -1.04. The van der Waals surface area contributed by atoms with Gasteiger partial charge in [-0.05, 0) is 69.8 Å². The van der Waals surface area contributed by atoms with Crippen LogP contribution in [0.5, 0.6) is 0 Å². The molecule has 0 atom stereocenters. The highest BCUT2D eigenvalue weighted by molar-refractivity contribution is 5.47. The quantitative estimate of drug-likeness (QED) is 0.555. The predicted molar refractivity (Wildman–Crippen MR) is 68.9 cm³/mol. The van der Waals surface area contributed by atoms with E-state index in [0.717, 1.165) is 0 Å². The predicted octanol–water partition coefficient (Wildman–Crippen LogP) is 4.96. The van der Waals surface area contributed by atoms with Crippen LogP contribution in [-0.2, 0) is 0 Å². The largest absolute Gasteiger partial charge is 0.0844 e. The molecule has 0 radical (unpaired) electrons. The summed E-state index contributed by atoms with van der Waals surface area (Å²) < 4.78 is 0. The molecule has 0 aliphatic heterocycles. The van der Waals surface area contributed by atoms with Crippen molar-refractivity contribution in [1.29, 1.82) is 0 Å². The Balaban J connectivity index is 3.13. The van der Waals surface area contributed by atoms with E-state index in [1.165, 1.54) is 40.7 Å². The van der Waals surface area contributed by atoms with E-state index in [1.54, 1.807) is 0 Å². The average molecular weight is 202 g/mol. The first-order valence-electron chi connectivity index (χ1n) is 5.75. The highest BCUT2D eigenvalue weighted by Gasteiger charge is 2.09. The first kappa shape index (κ1) is 12.0. The van der Waals surface area contributed by atoms with E-state index in [2.05, 4.69) is 52.8 Å². The lowest BCUT2D eigenvalue weighted by Crippen LogP contribution is -1.97. The first-order valence-corrected chi connectivity index (χ1v) is 5.75. The minimum absolute atomic E-state index is 1.19. The van der Waals surface area contributed by atoms with Crippen molar-refractivity contribution in [2.45, 2.75) is 47.5 Å². The molecule has 82 valence electrons. The molecule has 0 heteroatoms. The summed E-state index contributed by atoms with van der Waals surface area (Å²) in [5, 5.41) is 0. The van der Waals surface area contributed by atoms with E-state index >= 15 is 0 Å². The summed E-state index contributed by atoms with van der Waals surface area (Å²) in [6.07, 6.45) is 9.09. The molecule has 0 aromatic heterocycles. The maximum absolute atomic E-state index is 2.27. The van der Waals surface area contributed by atoms with Crippen molar-refractivity contribution in [3.63, 3.8) is 0 Å². The van der Waals surface area contributed by atoms with Crippen molar-refractivity contribution in [3.05, 3.63) is 46.1 Å². The summed E-state index contributed by atoms with van der Waals surface area (Å²) in [7, 11) is 0. The van der Waals surface area contributed by atoms with Gasteiger partial charge in [-0.3, -0.25) is 0 Å². The molecule has 15 heavy (non-hydrogen) atoms. The van der Waals surface area contributed by atoms with Crippen molar-refractivity contribution in [2.75, 3.05) is 0 Å². The fraction of sp³-hybridized carbons (Fsp3) is 0.467. The zero-order chi connectivity index (χ0) is 11.4. The molecule has 0 nitrogen and oxygen atoms in total. The van der Waals surface area contributed by atoms with Crippen molar-refractivity contribution >= 4 is 0 Å². The Morgan fingerprint density at radius 1 is 1.27 bits per heavy atom. The number of rotatable bonds is 2. The van der Waals surface area contributed by atoms with Gasteiger partial charge in [-0.1, -0.05) is 23.8 Å². The number of allylic oxidation sites excluding steroid dienone is 8. The van der Waals surface area contributed by atoms with Crippen molar-refractivity contribution in [2.24, 2.45) is 0 Å². The van der Waals surface area contributed by atoms with E-state index in [1.807, 2.05) is 0 Å². The second-order valence-electron chi connectivity index (χ2n) is 4.32. The fourth-order valence-corrected chi connectivity index (χ4v) is 2.01. The molecule has 0 bridgehead atoms. The monoisotopic (exact) mass is 202 g/mol. The molecule has 0 unspecified atom stereocenters. The van der Waals surface area contributed by atoms with E-state index in [9.17, 15) is 0 Å². The van der Waals surface area contributed by atoms with Crippen LogP contribution >= 0.6 is 0 Å². The lowest BCUT2D eigenvalue weighted by atomic mass is 9.89. The average Bonchev–Trinajstić information content (AvgIpc) is 2.26. The van der Waals surface area contributed by atoms with Gasteiger partial charge < -0.3 is 0 Å². The van der Waals surface area contributed by atoms with Gasteiger partial charge in [0, 0.05) is 0 Å². The normalized spacial score (nSPS) is 19.4. The van der Waals surface area contributed by atoms with Crippen molar-refractivity contribution < 1.29 is 0 Å². The van der Waals surface area contributed by atoms with E-state index in [-0.39, 0.29) is 0 Å². The topological polar surface area (TPSA) is 0 Å². The Morgan fingerprint density at radius 2 is 1.93 bits per heavy atom. The maximum atomic E-state index is 2.27. The Labute approximate surface area is 94.1 Å². The molecule has 0 saturated carbocycles. The third kappa shape index (κ3) is 2.71. The van der Waals surface area contributed by atoms with Gasteiger partial charge >= 0.3 is 0 Å². The smallest absolute Gasteiger partial charge is 0.0239 e. The molecule has 1 aliphatic carbocycles. The summed E-state index contributed by atoms with van der Waals surface area (Å²) in [6, 6.07) is 0. The van der Waals surface area contributed by atoms with Gasteiger partial charge in [0.1, 0.15) is 0 Å². The van der Waals surface area contributed by atoms with Gasteiger partial charge in [0.25, 0.3) is 0 Å². The van der Waals surface area contributed by atoms with Gasteiger partial charge in [-0.15, -0.1) is 0 Å². The Kier molecular flexibility index (Phi) is 4.14. The van der Waals surface area contributed by atoms with E-state index in [4.69, 9.17) is 0 Å². The van der Waals surface area contributed by atoms with Gasteiger partial charge in [0.05, 0.1) is 0 Å². The molecule has 0 saturated heterocycles. The van der Waals surface area contributed by atoms with Crippen LogP contribution in [0.25, 0.3) is 0 Å². The summed E-state index contributed by atoms with van der Waals surface area (Å²) in [4.78, 5) is 0. The van der Waals surface area contributed by atoms with Crippen LogP contribution in [0.4, 0.5) is 0 Å². The lowest BCUT2D eigenvalue weighted by molar-refractivity contribution is 0.939. The second-order valence-corrected chi connectivity index (χ2v) is 4.32. The Bertz CT molecular complexity index is 359. The number of hydrogen-bond acceptors (Lipinski definition) is 0. The molecule has 0 N–H and O–H groups in total. The molecule has 0 aromatic rings. The summed E-state index contributed by atoms with van der Waals surface area (Å²) in [6.45, 7) is 11.0. The van der Waals surface area contributed by atoms with Crippen LogP contribution in [0.15, 0.2) is 46.1 Å². The van der Waals surface area contributed by atoms with Gasteiger partial charge in [-0.25, -0.2) is 0 Å². The van der Waals surface area contributed by atoms with Crippen molar-refractivity contribution in [3.8, 4) is 0 Å². The van der Waals surface area contributed by atoms with E-state index < -0.39 is 0 Å². The molecule has 0 spiro atoms. The lowest BCUT2D eigenvalue weighted by Gasteiger charge is -2.17. The number of hydrogen-bond donors (Lipinski definition) is 0. The highest BCUT2D eigenvalue weighted by atomic mass is 14.1. The van der Waals surface area contributed by atoms with Crippen LogP contribution < -0.4 is 0 Å². The minimum atomic E-state index is 1.19. The van der Waals surface area contributed by atoms with Crippen LogP contribution in [0, 0.1) is 0 Å². The fourth-order valence-electron chi connectivity index (χ4n) is 2.01. The molecule has 0 fully saturated rings. The van der Waals surface area contributed by atoms with Crippen LogP contribution in [0.1, 0.15) is 47.5 Å². The highest BCUT2D eigenvalue weighted by Crippen LogP contribution is 2.29. The Morgan fingerprint density at radius 3 is 2.47 bits per heavy atom. The first-order chi connectivity index (χ1) is 7.07. The molecule has 0 amide bonds. The molecular formula is C15H22. The minimum Gasteiger partial charge on any atom is -0.0844 e. The second kappa shape index (κ2) is 5.16. The van der Waals surface area contributed by atoms with Crippen molar-refractivity contribution in [1.82, 2.24) is 0 Å². The standard InChI is InChI=1S/C15H22/c1-6-11(2)13(4)14(5)15-10-8-7-9-12(15)3/h6-7,9H,8,10H2,1-5H3/b11-6-,14-13+. The molecule has 0 aromatic carbocycles. The van der Waals surface area contributed by atoms with Gasteiger partial charge in [0.15, 0.2) is 0 Å². The maximum Gasteiger partial charge on any atom is -0.0239 e. The third-order valence-corrected chi connectivity index (χ3v) is 3.44. The summed E-state index contributed by atoms with van der Waals surface area (Å²) in [5.41, 5.74) is 7.26. The van der Waals surface area contributed by atoms with E-state index in [0.29, 0.717) is 0 Å². The zero-order valence-electron chi connectivity index (χ0n) is 10.6. The molecule has 1 aliphatic rings. The summed E-state index contributed by atoms with van der Waals surface area (Å²) in [5.74, 6) is 0. The third-order valence-electron chi connectivity index (χ3n) is 3.44. The SMILES string of the molecule is C/C=C(C)\C(C)=C(/C)C1=C(C)C=CCC1. The van der Waals surface area contributed by atoms with Gasteiger partial charge in [0.2, 0.25) is 0 Å². The molecule has 0 heterocycles.